The quantitative estimate of drug-likeness (QED) is 0.404. The Morgan fingerprint density at radius 2 is 1.73 bits per heavy atom. The molecule has 0 unspecified atom stereocenters. The number of ether oxygens (including phenoxy) is 1. The lowest BCUT2D eigenvalue weighted by Crippen LogP contribution is -2.16. The van der Waals surface area contributed by atoms with Crippen molar-refractivity contribution >= 4 is 27.8 Å². The Balaban J connectivity index is 1.42. The minimum atomic E-state index is -0.397. The Hall–Kier alpha value is -3.34. The SMILES string of the molecule is O=C(OCCCn1c(=O)oc2ccccc21)c1cccc2ccccc12. The van der Waals surface area contributed by atoms with Crippen LogP contribution < -0.4 is 5.76 Å². The molecule has 4 aromatic rings. The van der Waals surface area contributed by atoms with E-state index in [9.17, 15) is 9.59 Å². The first-order valence-corrected chi connectivity index (χ1v) is 8.47. The van der Waals surface area contributed by atoms with Gasteiger partial charge in [-0.15, -0.1) is 0 Å². The van der Waals surface area contributed by atoms with Crippen LogP contribution in [0.2, 0.25) is 0 Å². The van der Waals surface area contributed by atoms with Crippen LogP contribution in [0.4, 0.5) is 0 Å². The molecule has 130 valence electrons. The average molecular weight is 347 g/mol. The number of fused-ring (bicyclic) bond motifs is 2. The Labute approximate surface area is 149 Å². The number of benzene rings is 3. The molecule has 0 saturated heterocycles. The van der Waals surface area contributed by atoms with Gasteiger partial charge < -0.3 is 9.15 Å². The van der Waals surface area contributed by atoms with Gasteiger partial charge in [-0.25, -0.2) is 9.59 Å². The lowest BCUT2D eigenvalue weighted by Gasteiger charge is -2.08. The number of rotatable bonds is 5. The van der Waals surface area contributed by atoms with E-state index < -0.39 is 5.76 Å². The molecule has 0 bridgehead atoms. The minimum absolute atomic E-state index is 0.230. The number of hydrogen-bond donors (Lipinski definition) is 0. The summed E-state index contributed by atoms with van der Waals surface area (Å²) in [4.78, 5) is 24.3. The van der Waals surface area contributed by atoms with Crippen molar-refractivity contribution in [2.24, 2.45) is 0 Å². The molecule has 0 aliphatic carbocycles. The normalized spacial score (nSPS) is 11.1. The molecule has 0 spiro atoms. The standard InChI is InChI=1S/C21H17NO4/c23-20(17-10-5-8-15-7-1-2-9-16(15)17)25-14-6-13-22-18-11-3-4-12-19(18)26-21(22)24/h1-5,7-12H,6,13-14H2. The molecule has 0 fully saturated rings. The fourth-order valence-corrected chi connectivity index (χ4v) is 3.09. The van der Waals surface area contributed by atoms with Crippen LogP contribution >= 0.6 is 0 Å². The van der Waals surface area contributed by atoms with Crippen LogP contribution in [-0.2, 0) is 11.3 Å². The zero-order chi connectivity index (χ0) is 17.9. The molecule has 0 atom stereocenters. The van der Waals surface area contributed by atoms with E-state index in [2.05, 4.69) is 0 Å². The Morgan fingerprint density at radius 1 is 0.962 bits per heavy atom. The van der Waals surface area contributed by atoms with Gasteiger partial charge in [-0.1, -0.05) is 48.5 Å². The van der Waals surface area contributed by atoms with Crippen molar-refractivity contribution in [2.45, 2.75) is 13.0 Å². The monoisotopic (exact) mass is 347 g/mol. The van der Waals surface area contributed by atoms with E-state index in [1.807, 2.05) is 54.6 Å². The highest BCUT2D eigenvalue weighted by molar-refractivity contribution is 6.04. The molecule has 1 heterocycles. The molecule has 1 aromatic heterocycles. The van der Waals surface area contributed by atoms with Gasteiger partial charge >= 0.3 is 11.7 Å². The number of para-hydroxylation sites is 2. The number of nitrogens with zero attached hydrogens (tertiary/aromatic N) is 1. The molecule has 0 aliphatic rings. The van der Waals surface area contributed by atoms with Crippen LogP contribution in [0.15, 0.2) is 75.9 Å². The maximum atomic E-state index is 12.4. The largest absolute Gasteiger partial charge is 0.462 e. The third kappa shape index (κ3) is 2.99. The summed E-state index contributed by atoms with van der Waals surface area (Å²) in [7, 11) is 0. The van der Waals surface area contributed by atoms with Gasteiger partial charge in [-0.3, -0.25) is 4.57 Å². The zero-order valence-electron chi connectivity index (χ0n) is 14.1. The van der Waals surface area contributed by atoms with E-state index in [0.29, 0.717) is 24.1 Å². The van der Waals surface area contributed by atoms with E-state index >= 15 is 0 Å². The van der Waals surface area contributed by atoms with Crippen molar-refractivity contribution in [3.8, 4) is 0 Å². The van der Waals surface area contributed by atoms with Crippen molar-refractivity contribution in [1.29, 1.82) is 0 Å². The van der Waals surface area contributed by atoms with E-state index in [-0.39, 0.29) is 12.6 Å². The lowest BCUT2D eigenvalue weighted by atomic mass is 10.1. The third-order valence-electron chi connectivity index (χ3n) is 4.34. The van der Waals surface area contributed by atoms with Crippen LogP contribution in [0.5, 0.6) is 0 Å². The Morgan fingerprint density at radius 3 is 2.65 bits per heavy atom. The zero-order valence-corrected chi connectivity index (χ0v) is 14.1. The van der Waals surface area contributed by atoms with Crippen molar-refractivity contribution in [2.75, 3.05) is 6.61 Å². The summed E-state index contributed by atoms with van der Waals surface area (Å²) in [5.74, 6) is -0.752. The molecule has 0 aliphatic heterocycles. The Kier molecular flexibility index (Phi) is 4.27. The molecule has 0 radical (unpaired) electrons. The summed E-state index contributed by atoms with van der Waals surface area (Å²) in [6, 6.07) is 20.5. The van der Waals surface area contributed by atoms with Gasteiger partial charge in [-0.2, -0.15) is 0 Å². The van der Waals surface area contributed by atoms with Gasteiger partial charge in [0.05, 0.1) is 17.7 Å². The van der Waals surface area contributed by atoms with Gasteiger partial charge in [0.2, 0.25) is 0 Å². The first-order valence-electron chi connectivity index (χ1n) is 8.47. The highest BCUT2D eigenvalue weighted by atomic mass is 16.5. The van der Waals surface area contributed by atoms with Gasteiger partial charge in [-0.05, 0) is 35.4 Å². The maximum absolute atomic E-state index is 12.4. The molecule has 5 heteroatoms. The summed E-state index contributed by atoms with van der Waals surface area (Å²) < 4.78 is 12.2. The molecule has 0 saturated carbocycles. The second kappa shape index (κ2) is 6.88. The van der Waals surface area contributed by atoms with Gasteiger partial charge in [0, 0.05) is 6.54 Å². The van der Waals surface area contributed by atoms with E-state index in [4.69, 9.17) is 9.15 Å². The fourth-order valence-electron chi connectivity index (χ4n) is 3.09. The number of aromatic nitrogens is 1. The lowest BCUT2D eigenvalue weighted by molar-refractivity contribution is 0.0498. The predicted octanol–water partition coefficient (Wildman–Crippen LogP) is 3.99. The summed E-state index contributed by atoms with van der Waals surface area (Å²) in [5, 5.41) is 1.87. The number of esters is 1. The molecule has 5 nitrogen and oxygen atoms in total. The maximum Gasteiger partial charge on any atom is 0.419 e. The Bertz CT molecular complexity index is 1130. The van der Waals surface area contributed by atoms with Gasteiger partial charge in [0.15, 0.2) is 5.58 Å². The van der Waals surface area contributed by atoms with Crippen LogP contribution in [0, 0.1) is 0 Å². The molecule has 26 heavy (non-hydrogen) atoms. The number of carbonyl (C=O) groups is 1. The van der Waals surface area contributed by atoms with Crippen molar-refractivity contribution < 1.29 is 13.9 Å². The van der Waals surface area contributed by atoms with E-state index in [0.717, 1.165) is 16.3 Å². The second-order valence-corrected chi connectivity index (χ2v) is 6.00. The van der Waals surface area contributed by atoms with E-state index in [1.165, 1.54) is 0 Å². The van der Waals surface area contributed by atoms with Crippen LogP contribution in [0.1, 0.15) is 16.8 Å². The first kappa shape index (κ1) is 16.1. The van der Waals surface area contributed by atoms with Crippen LogP contribution in [0.3, 0.4) is 0 Å². The molecule has 0 N–H and O–H groups in total. The molecular weight excluding hydrogens is 330 g/mol. The fraction of sp³-hybridized carbons (Fsp3) is 0.143. The van der Waals surface area contributed by atoms with Gasteiger partial charge in [0.25, 0.3) is 0 Å². The highest BCUT2D eigenvalue weighted by Gasteiger charge is 2.12. The first-order chi connectivity index (χ1) is 12.7. The third-order valence-corrected chi connectivity index (χ3v) is 4.34. The summed E-state index contributed by atoms with van der Waals surface area (Å²) in [6.45, 7) is 0.659. The molecule has 3 aromatic carbocycles. The van der Waals surface area contributed by atoms with Crippen molar-refractivity contribution in [3.63, 3.8) is 0 Å². The molecule has 4 rings (SSSR count). The smallest absolute Gasteiger partial charge is 0.419 e. The van der Waals surface area contributed by atoms with Crippen LogP contribution in [-0.4, -0.2) is 17.1 Å². The van der Waals surface area contributed by atoms with Crippen molar-refractivity contribution in [1.82, 2.24) is 4.57 Å². The molecule has 0 amide bonds. The number of carbonyl (C=O) groups excluding carboxylic acids is 1. The minimum Gasteiger partial charge on any atom is -0.462 e. The summed E-state index contributed by atoms with van der Waals surface area (Å²) in [6.07, 6.45) is 0.528. The summed E-state index contributed by atoms with van der Waals surface area (Å²) in [5.41, 5.74) is 1.86. The second-order valence-electron chi connectivity index (χ2n) is 6.00. The highest BCUT2D eigenvalue weighted by Crippen LogP contribution is 2.19. The topological polar surface area (TPSA) is 61.4 Å². The van der Waals surface area contributed by atoms with Gasteiger partial charge in [0.1, 0.15) is 0 Å². The van der Waals surface area contributed by atoms with Crippen molar-refractivity contribution in [3.05, 3.63) is 82.8 Å². The average Bonchev–Trinajstić information content (AvgIpc) is 3.00. The predicted molar refractivity (Wildman–Crippen MR) is 99.3 cm³/mol. The van der Waals surface area contributed by atoms with E-state index in [1.54, 1.807) is 16.7 Å². The van der Waals surface area contributed by atoms with Crippen LogP contribution in [0.25, 0.3) is 21.9 Å². The summed E-state index contributed by atoms with van der Waals surface area (Å²) >= 11 is 0. The number of hydrogen-bond acceptors (Lipinski definition) is 4. The number of aryl methyl sites for hydroxylation is 1. The number of oxazole rings is 1. The molecular formula is C21H17NO4.